The summed E-state index contributed by atoms with van der Waals surface area (Å²) in [5.74, 6) is 0. The molecule has 7 heteroatoms. The number of rotatable bonds is 0. The van der Waals surface area contributed by atoms with Gasteiger partial charge in [-0.05, 0) is 23.8 Å². The summed E-state index contributed by atoms with van der Waals surface area (Å²) in [6.07, 6.45) is 0. The molecule has 1 aromatic heterocycles. The zero-order chi connectivity index (χ0) is 19.1. The van der Waals surface area contributed by atoms with Gasteiger partial charge in [0.1, 0.15) is 12.1 Å². The van der Waals surface area contributed by atoms with E-state index < -0.39 is 0 Å². The molecule has 2 aromatic carbocycles. The highest BCUT2D eigenvalue weighted by molar-refractivity contribution is 9.10. The van der Waals surface area contributed by atoms with E-state index in [4.69, 9.17) is 6.57 Å². The Kier molecular flexibility index (Phi) is 3.68. The second-order valence-electron chi connectivity index (χ2n) is 5.64. The number of fused-ring (bicyclic) bond motifs is 4. The molecule has 1 heterocycles. The predicted octanol–water partition coefficient (Wildman–Crippen LogP) is 4.32. The molecule has 0 amide bonds. The Balaban J connectivity index is 2.18. The number of allylic oxidation sites excluding steroid dienone is 1. The minimum Gasteiger partial charge on any atom is -0.245 e. The van der Waals surface area contributed by atoms with E-state index in [1.165, 1.54) is 12.1 Å². The summed E-state index contributed by atoms with van der Waals surface area (Å²) in [6.45, 7) is 7.36. The van der Waals surface area contributed by atoms with Crippen molar-refractivity contribution < 1.29 is 0 Å². The molecule has 0 N–H and O–H groups in total. The molecule has 27 heavy (non-hydrogen) atoms. The van der Waals surface area contributed by atoms with Crippen LogP contribution in [0.2, 0.25) is 0 Å². The van der Waals surface area contributed by atoms with Crippen molar-refractivity contribution in [1.82, 2.24) is 9.97 Å². The molecule has 1 aliphatic rings. The standard InChI is InChI=1S/C20H5BrN6/c1-25-16(9-24)18-17-12(3-2-4-13(17)21)19-20(18)27-15-6-11(8-23)10(7-22)5-14(15)26-19/h2-6H/b18-16+. The number of benzene rings is 2. The molecule has 0 radical (unpaired) electrons. The molecule has 4 rings (SSSR count). The van der Waals surface area contributed by atoms with Crippen LogP contribution in [0.1, 0.15) is 22.4 Å². The zero-order valence-corrected chi connectivity index (χ0v) is 15.0. The summed E-state index contributed by atoms with van der Waals surface area (Å²) in [6, 6.07) is 14.4. The Morgan fingerprint density at radius 2 is 1.63 bits per heavy atom. The van der Waals surface area contributed by atoms with E-state index in [1.807, 2.05) is 36.4 Å². The average molecular weight is 409 g/mol. The van der Waals surface area contributed by atoms with Crippen molar-refractivity contribution >= 4 is 32.5 Å². The Morgan fingerprint density at radius 1 is 1.00 bits per heavy atom. The highest BCUT2D eigenvalue weighted by Crippen LogP contribution is 2.47. The molecule has 0 aliphatic heterocycles. The molecule has 3 aromatic rings. The van der Waals surface area contributed by atoms with Crippen LogP contribution >= 0.6 is 15.9 Å². The van der Waals surface area contributed by atoms with Gasteiger partial charge < -0.3 is 0 Å². The molecular weight excluding hydrogens is 404 g/mol. The van der Waals surface area contributed by atoms with Gasteiger partial charge in [0.05, 0.1) is 46.2 Å². The minimum atomic E-state index is -0.0790. The lowest BCUT2D eigenvalue weighted by molar-refractivity contribution is 1.27. The van der Waals surface area contributed by atoms with E-state index in [2.05, 4.69) is 30.7 Å². The van der Waals surface area contributed by atoms with Gasteiger partial charge in [0, 0.05) is 15.6 Å². The number of aromatic nitrogens is 2. The number of nitrogens with zero attached hydrogens (tertiary/aromatic N) is 6. The van der Waals surface area contributed by atoms with Crippen molar-refractivity contribution in [3.05, 3.63) is 74.3 Å². The van der Waals surface area contributed by atoms with Crippen molar-refractivity contribution in [2.45, 2.75) is 0 Å². The Hall–Kier alpha value is -4.04. The predicted molar refractivity (Wildman–Crippen MR) is 100 cm³/mol. The van der Waals surface area contributed by atoms with Crippen LogP contribution in [-0.4, -0.2) is 9.97 Å². The first-order chi connectivity index (χ1) is 13.1. The second kappa shape index (κ2) is 6.04. The fourth-order valence-corrected chi connectivity index (χ4v) is 3.68. The van der Waals surface area contributed by atoms with E-state index in [0.717, 1.165) is 10.0 Å². The molecule has 0 saturated carbocycles. The van der Waals surface area contributed by atoms with Crippen LogP contribution in [0.5, 0.6) is 0 Å². The molecular formula is C20H5BrN6. The molecule has 0 bridgehead atoms. The van der Waals surface area contributed by atoms with Gasteiger partial charge in [0.2, 0.25) is 0 Å². The summed E-state index contributed by atoms with van der Waals surface area (Å²) in [5.41, 5.74) is 4.06. The van der Waals surface area contributed by atoms with Gasteiger partial charge in [-0.15, -0.1) is 0 Å². The van der Waals surface area contributed by atoms with Crippen LogP contribution in [-0.2, 0) is 0 Å². The zero-order valence-electron chi connectivity index (χ0n) is 13.4. The summed E-state index contributed by atoms with van der Waals surface area (Å²) in [4.78, 5) is 12.6. The molecule has 1 aliphatic carbocycles. The number of hydrogen-bond donors (Lipinski definition) is 0. The fourth-order valence-electron chi connectivity index (χ4n) is 3.11. The largest absolute Gasteiger partial charge is 0.271 e. The Labute approximate surface area is 162 Å². The SMILES string of the molecule is [C-]#[N+]/C(C#N)=C1/c2nc3cc(C#N)c(C#N)cc3nc2-c2cccc(Br)c21. The first kappa shape index (κ1) is 16.4. The van der Waals surface area contributed by atoms with Crippen molar-refractivity contribution in [2.24, 2.45) is 0 Å². The lowest BCUT2D eigenvalue weighted by Gasteiger charge is -2.05. The quantitative estimate of drug-likeness (QED) is 0.318. The van der Waals surface area contributed by atoms with Crippen molar-refractivity contribution in [3.8, 4) is 29.5 Å². The highest BCUT2D eigenvalue weighted by Gasteiger charge is 2.31. The van der Waals surface area contributed by atoms with Crippen LogP contribution in [0.15, 0.2) is 40.5 Å². The number of halogens is 1. The lowest BCUT2D eigenvalue weighted by atomic mass is 10.0. The topological polar surface area (TPSA) is 102 Å². The first-order valence-corrected chi connectivity index (χ1v) is 8.39. The van der Waals surface area contributed by atoms with E-state index in [0.29, 0.717) is 33.6 Å². The van der Waals surface area contributed by atoms with Gasteiger partial charge in [-0.3, -0.25) is 0 Å². The average Bonchev–Trinajstić information content (AvgIpc) is 3.01. The normalized spacial score (nSPS) is 12.9. The van der Waals surface area contributed by atoms with Crippen LogP contribution in [0.4, 0.5) is 0 Å². The molecule has 0 atom stereocenters. The third-order valence-corrected chi connectivity index (χ3v) is 4.92. The molecule has 0 fully saturated rings. The molecule has 6 nitrogen and oxygen atoms in total. The Bertz CT molecular complexity index is 1360. The monoisotopic (exact) mass is 408 g/mol. The second-order valence-corrected chi connectivity index (χ2v) is 6.49. The third-order valence-electron chi connectivity index (χ3n) is 4.25. The van der Waals surface area contributed by atoms with Gasteiger partial charge in [0.15, 0.2) is 0 Å². The Morgan fingerprint density at radius 3 is 2.19 bits per heavy atom. The van der Waals surface area contributed by atoms with Crippen LogP contribution in [0.25, 0.3) is 32.7 Å². The van der Waals surface area contributed by atoms with E-state index in [-0.39, 0.29) is 16.8 Å². The minimum absolute atomic E-state index is 0.0790. The van der Waals surface area contributed by atoms with Crippen LogP contribution < -0.4 is 0 Å². The molecule has 0 spiro atoms. The van der Waals surface area contributed by atoms with E-state index >= 15 is 0 Å². The summed E-state index contributed by atoms with van der Waals surface area (Å²) in [5, 5.41) is 27.9. The highest BCUT2D eigenvalue weighted by atomic mass is 79.9. The smallest absolute Gasteiger partial charge is 0.245 e. The van der Waals surface area contributed by atoms with Gasteiger partial charge in [-0.1, -0.05) is 28.1 Å². The van der Waals surface area contributed by atoms with Crippen LogP contribution in [0, 0.1) is 40.6 Å². The van der Waals surface area contributed by atoms with Gasteiger partial charge in [-0.2, -0.15) is 10.5 Å². The van der Waals surface area contributed by atoms with Gasteiger partial charge in [-0.25, -0.2) is 20.1 Å². The number of nitriles is 3. The van der Waals surface area contributed by atoms with Crippen molar-refractivity contribution in [1.29, 1.82) is 15.8 Å². The van der Waals surface area contributed by atoms with Crippen molar-refractivity contribution in [3.63, 3.8) is 0 Å². The van der Waals surface area contributed by atoms with Crippen LogP contribution in [0.3, 0.4) is 0 Å². The number of hydrogen-bond acceptors (Lipinski definition) is 5. The maximum absolute atomic E-state index is 9.43. The molecule has 0 saturated heterocycles. The molecule has 122 valence electrons. The van der Waals surface area contributed by atoms with Gasteiger partial charge >= 0.3 is 0 Å². The maximum Gasteiger partial charge on any atom is 0.271 e. The maximum atomic E-state index is 9.43. The van der Waals surface area contributed by atoms with Gasteiger partial charge in [0.25, 0.3) is 5.70 Å². The summed E-state index contributed by atoms with van der Waals surface area (Å²) >= 11 is 3.49. The van der Waals surface area contributed by atoms with E-state index in [9.17, 15) is 15.8 Å². The fraction of sp³-hybridized carbons (Fsp3) is 0. The summed E-state index contributed by atoms with van der Waals surface area (Å²) in [7, 11) is 0. The summed E-state index contributed by atoms with van der Waals surface area (Å²) < 4.78 is 0.727. The van der Waals surface area contributed by atoms with Crippen molar-refractivity contribution in [2.75, 3.05) is 0 Å². The third kappa shape index (κ3) is 2.28. The first-order valence-electron chi connectivity index (χ1n) is 7.60. The molecule has 0 unspecified atom stereocenters. The lowest BCUT2D eigenvalue weighted by Crippen LogP contribution is -1.96. The van der Waals surface area contributed by atoms with E-state index in [1.54, 1.807) is 0 Å².